The quantitative estimate of drug-likeness (QED) is 0.668. The molecule has 112 valence electrons. The van der Waals surface area contributed by atoms with E-state index in [1.165, 1.54) is 7.11 Å². The van der Waals surface area contributed by atoms with Gasteiger partial charge in [0.05, 0.1) is 17.3 Å². The number of hydrogen-bond acceptors (Lipinski definition) is 4. The molecule has 0 unspecified atom stereocenters. The largest absolute Gasteiger partial charge is 0.486 e. The first-order valence-electron chi connectivity index (χ1n) is 6.61. The molecule has 2 aromatic heterocycles. The fourth-order valence-corrected chi connectivity index (χ4v) is 2.52. The highest BCUT2D eigenvalue weighted by Gasteiger charge is 2.13. The maximum Gasteiger partial charge on any atom is 0.341 e. The number of nitrogens with zero attached hydrogens (tertiary/aromatic N) is 2. The van der Waals surface area contributed by atoms with Crippen molar-refractivity contribution in [1.29, 1.82) is 0 Å². The zero-order chi connectivity index (χ0) is 15.5. The van der Waals surface area contributed by atoms with Gasteiger partial charge in [-0.1, -0.05) is 12.1 Å². The van der Waals surface area contributed by atoms with Crippen LogP contribution in [0.2, 0.25) is 0 Å². The third-order valence-corrected chi connectivity index (χ3v) is 3.81. The number of hydrogen-bond donors (Lipinski definition) is 0. The van der Waals surface area contributed by atoms with E-state index in [1.807, 2.05) is 36.7 Å². The smallest absolute Gasteiger partial charge is 0.341 e. The molecule has 0 saturated carbocycles. The van der Waals surface area contributed by atoms with E-state index < -0.39 is 5.97 Å². The molecular formula is C16H13BrN2O3. The van der Waals surface area contributed by atoms with E-state index in [2.05, 4.69) is 20.9 Å². The van der Waals surface area contributed by atoms with Crippen molar-refractivity contribution in [2.75, 3.05) is 7.11 Å². The van der Waals surface area contributed by atoms with Crippen LogP contribution in [0.25, 0.3) is 5.65 Å². The Balaban J connectivity index is 1.86. The average molecular weight is 361 g/mol. The number of imidazole rings is 1. The van der Waals surface area contributed by atoms with Crippen LogP contribution in [0.4, 0.5) is 0 Å². The summed E-state index contributed by atoms with van der Waals surface area (Å²) in [6, 6.07) is 11.1. The lowest BCUT2D eigenvalue weighted by Crippen LogP contribution is -2.03. The number of fused-ring (bicyclic) bond motifs is 1. The molecule has 3 aromatic rings. The van der Waals surface area contributed by atoms with E-state index in [4.69, 9.17) is 9.47 Å². The second kappa shape index (κ2) is 6.19. The Bertz CT molecular complexity index is 829. The number of benzene rings is 1. The Morgan fingerprint density at radius 3 is 2.86 bits per heavy atom. The molecule has 0 radical (unpaired) electrons. The lowest BCUT2D eigenvalue weighted by Gasteiger charge is -2.05. The molecule has 0 amide bonds. The van der Waals surface area contributed by atoms with Gasteiger partial charge in [0.25, 0.3) is 0 Å². The minimum atomic E-state index is -0.408. The number of aromatic nitrogens is 2. The van der Waals surface area contributed by atoms with Crippen molar-refractivity contribution in [2.45, 2.75) is 6.61 Å². The number of methoxy groups -OCH3 is 1. The van der Waals surface area contributed by atoms with E-state index in [9.17, 15) is 4.79 Å². The van der Waals surface area contributed by atoms with Crippen LogP contribution >= 0.6 is 15.9 Å². The van der Waals surface area contributed by atoms with Crippen molar-refractivity contribution in [3.05, 3.63) is 64.5 Å². The molecule has 0 atom stereocenters. The predicted molar refractivity (Wildman–Crippen MR) is 85.0 cm³/mol. The number of ether oxygens (including phenoxy) is 2. The van der Waals surface area contributed by atoms with Crippen molar-refractivity contribution in [2.24, 2.45) is 0 Å². The molecule has 22 heavy (non-hydrogen) atoms. The lowest BCUT2D eigenvalue weighted by molar-refractivity contribution is 0.0602. The second-order valence-corrected chi connectivity index (χ2v) is 5.45. The zero-order valence-electron chi connectivity index (χ0n) is 11.8. The first kappa shape index (κ1) is 14.6. The summed E-state index contributed by atoms with van der Waals surface area (Å²) in [5.74, 6) is 0.335. The monoisotopic (exact) mass is 360 g/mol. The molecule has 2 heterocycles. The van der Waals surface area contributed by atoms with E-state index in [0.29, 0.717) is 17.8 Å². The predicted octanol–water partition coefficient (Wildman–Crippen LogP) is 3.46. The first-order valence-corrected chi connectivity index (χ1v) is 7.40. The lowest BCUT2D eigenvalue weighted by atomic mass is 10.3. The van der Waals surface area contributed by atoms with Crippen molar-refractivity contribution in [1.82, 2.24) is 9.38 Å². The summed E-state index contributed by atoms with van der Waals surface area (Å²) >= 11 is 3.43. The minimum Gasteiger partial charge on any atom is -0.486 e. The first-order chi connectivity index (χ1) is 10.7. The van der Waals surface area contributed by atoms with Gasteiger partial charge in [-0.05, 0) is 40.2 Å². The standard InChI is InChI=1S/C16H13BrN2O3/c1-21-16(20)12-5-4-8-19-9-11(18-15(12)19)10-22-14-7-3-2-6-13(14)17/h2-9H,10H2,1H3. The SMILES string of the molecule is COC(=O)c1cccn2cc(COc3ccccc3Br)nc12. The summed E-state index contributed by atoms with van der Waals surface area (Å²) in [5, 5.41) is 0. The van der Waals surface area contributed by atoms with Crippen LogP contribution in [0.3, 0.4) is 0 Å². The summed E-state index contributed by atoms with van der Waals surface area (Å²) in [6.45, 7) is 0.310. The van der Waals surface area contributed by atoms with Crippen LogP contribution in [-0.2, 0) is 11.3 Å². The molecule has 3 rings (SSSR count). The summed E-state index contributed by atoms with van der Waals surface area (Å²) in [7, 11) is 1.35. The van der Waals surface area contributed by atoms with Gasteiger partial charge >= 0.3 is 5.97 Å². The number of para-hydroxylation sites is 1. The van der Waals surface area contributed by atoms with Crippen LogP contribution in [0.5, 0.6) is 5.75 Å². The van der Waals surface area contributed by atoms with E-state index in [0.717, 1.165) is 15.9 Å². The highest BCUT2D eigenvalue weighted by molar-refractivity contribution is 9.10. The van der Waals surface area contributed by atoms with Gasteiger partial charge < -0.3 is 13.9 Å². The Kier molecular flexibility index (Phi) is 4.11. The van der Waals surface area contributed by atoms with Crippen LogP contribution in [-0.4, -0.2) is 22.5 Å². The zero-order valence-corrected chi connectivity index (χ0v) is 13.4. The molecule has 0 aliphatic carbocycles. The molecular weight excluding hydrogens is 348 g/mol. The van der Waals surface area contributed by atoms with Gasteiger partial charge in [0.2, 0.25) is 0 Å². The average Bonchev–Trinajstić information content (AvgIpc) is 2.96. The summed E-state index contributed by atoms with van der Waals surface area (Å²) in [6.07, 6.45) is 3.66. The van der Waals surface area contributed by atoms with Crippen molar-refractivity contribution in [3.8, 4) is 5.75 Å². The van der Waals surface area contributed by atoms with Gasteiger partial charge in [-0.3, -0.25) is 0 Å². The summed E-state index contributed by atoms with van der Waals surface area (Å²) in [5.41, 5.74) is 1.71. The molecule has 0 bridgehead atoms. The van der Waals surface area contributed by atoms with E-state index in [-0.39, 0.29) is 0 Å². The van der Waals surface area contributed by atoms with Gasteiger partial charge in [0.1, 0.15) is 17.9 Å². The van der Waals surface area contributed by atoms with Gasteiger partial charge in [-0.2, -0.15) is 0 Å². The van der Waals surface area contributed by atoms with Crippen LogP contribution in [0, 0.1) is 0 Å². The van der Waals surface area contributed by atoms with Crippen molar-refractivity contribution in [3.63, 3.8) is 0 Å². The Morgan fingerprint density at radius 1 is 1.27 bits per heavy atom. The third-order valence-electron chi connectivity index (χ3n) is 3.15. The number of carbonyl (C=O) groups is 1. The van der Waals surface area contributed by atoms with Gasteiger partial charge in [-0.25, -0.2) is 9.78 Å². The van der Waals surface area contributed by atoms with Crippen LogP contribution < -0.4 is 4.74 Å². The number of pyridine rings is 1. The normalized spacial score (nSPS) is 10.6. The highest BCUT2D eigenvalue weighted by atomic mass is 79.9. The fraction of sp³-hybridized carbons (Fsp3) is 0.125. The molecule has 0 aliphatic heterocycles. The van der Waals surface area contributed by atoms with Crippen molar-refractivity contribution < 1.29 is 14.3 Å². The molecule has 5 nitrogen and oxygen atoms in total. The molecule has 0 aliphatic rings. The van der Waals surface area contributed by atoms with E-state index in [1.54, 1.807) is 16.5 Å². The number of esters is 1. The minimum absolute atomic E-state index is 0.310. The maximum atomic E-state index is 11.7. The van der Waals surface area contributed by atoms with Crippen LogP contribution in [0.15, 0.2) is 53.3 Å². The second-order valence-electron chi connectivity index (χ2n) is 4.60. The topological polar surface area (TPSA) is 52.8 Å². The number of halogens is 1. The molecule has 0 spiro atoms. The summed E-state index contributed by atoms with van der Waals surface area (Å²) < 4.78 is 13.2. The highest BCUT2D eigenvalue weighted by Crippen LogP contribution is 2.24. The molecule has 0 fully saturated rings. The van der Waals surface area contributed by atoms with Gasteiger partial charge in [-0.15, -0.1) is 0 Å². The van der Waals surface area contributed by atoms with Crippen molar-refractivity contribution >= 4 is 27.5 Å². The summed E-state index contributed by atoms with van der Waals surface area (Å²) in [4.78, 5) is 16.2. The Labute approximate surface area is 135 Å². The maximum absolute atomic E-state index is 11.7. The van der Waals surface area contributed by atoms with E-state index >= 15 is 0 Å². The molecule has 0 N–H and O–H groups in total. The molecule has 1 aromatic carbocycles. The fourth-order valence-electron chi connectivity index (χ4n) is 2.12. The third kappa shape index (κ3) is 2.82. The molecule has 0 saturated heterocycles. The molecule has 6 heteroatoms. The van der Waals surface area contributed by atoms with Crippen LogP contribution in [0.1, 0.15) is 16.1 Å². The number of rotatable bonds is 4. The van der Waals surface area contributed by atoms with Gasteiger partial charge in [0, 0.05) is 12.4 Å². The van der Waals surface area contributed by atoms with Gasteiger partial charge in [0.15, 0.2) is 5.65 Å². The Hall–Kier alpha value is -2.34. The Morgan fingerprint density at radius 2 is 2.09 bits per heavy atom. The number of carbonyl (C=O) groups excluding carboxylic acids is 1.